The molecule has 0 aliphatic heterocycles. The molecule has 0 aliphatic carbocycles. The molecule has 3 heterocycles. The van der Waals surface area contributed by atoms with Crippen LogP contribution in [0.5, 0.6) is 0 Å². The topological polar surface area (TPSA) is 106 Å². The molecule has 5 rings (SSSR count). The number of H-pyrrole nitrogens is 1. The van der Waals surface area contributed by atoms with Crippen LogP contribution in [-0.4, -0.2) is 25.7 Å². The third kappa shape index (κ3) is 3.18. The normalized spacial score (nSPS) is 11.3. The highest BCUT2D eigenvalue weighted by Crippen LogP contribution is 2.27. The highest BCUT2D eigenvalue weighted by molar-refractivity contribution is 5.97. The number of amides is 1. The van der Waals surface area contributed by atoms with E-state index < -0.39 is 0 Å². The van der Waals surface area contributed by atoms with E-state index in [1.165, 1.54) is 12.5 Å². The minimum absolute atomic E-state index is 0.168. The minimum Gasteiger partial charge on any atom is -0.464 e. The molecular weight excluding hydrogens is 394 g/mol. The zero-order valence-corrected chi connectivity index (χ0v) is 17.0. The molecule has 5 aromatic rings. The number of benzene rings is 2. The number of hydrogen-bond acceptors (Lipinski definition) is 5. The molecule has 0 spiro atoms. The van der Waals surface area contributed by atoms with Gasteiger partial charge in [-0.1, -0.05) is 24.3 Å². The summed E-state index contributed by atoms with van der Waals surface area (Å²) in [5, 5.41) is 8.56. The standard InChI is InChI=1S/C23H19N5O3/c1-13-7-8-16-15(11-31-21(16)14(13)2)9-20(29)27-18-5-3-4-6-19(18)28-22-17(10-26-28)23(30)25-12-24-22/h3-8,10-12H,9H2,1-2H3,(H,27,29)(H,24,25,30). The van der Waals surface area contributed by atoms with Crippen LogP contribution in [0.4, 0.5) is 5.69 Å². The number of aromatic nitrogens is 4. The molecule has 8 heteroatoms. The first-order chi connectivity index (χ1) is 15.0. The maximum atomic E-state index is 12.9. The average molecular weight is 413 g/mol. The van der Waals surface area contributed by atoms with Gasteiger partial charge in [-0.15, -0.1) is 0 Å². The van der Waals surface area contributed by atoms with Crippen LogP contribution in [0.25, 0.3) is 27.7 Å². The van der Waals surface area contributed by atoms with E-state index in [2.05, 4.69) is 20.4 Å². The largest absolute Gasteiger partial charge is 0.464 e. The summed E-state index contributed by atoms with van der Waals surface area (Å²) in [6.07, 6.45) is 4.60. The van der Waals surface area contributed by atoms with Crippen molar-refractivity contribution in [3.8, 4) is 5.69 Å². The lowest BCUT2D eigenvalue weighted by Gasteiger charge is -2.11. The lowest BCUT2D eigenvalue weighted by Crippen LogP contribution is -2.16. The molecule has 0 aliphatic rings. The molecule has 0 saturated heterocycles. The number of nitrogens with zero attached hydrogens (tertiary/aromatic N) is 3. The number of nitrogens with one attached hydrogen (secondary N) is 2. The van der Waals surface area contributed by atoms with Gasteiger partial charge in [-0.2, -0.15) is 5.10 Å². The van der Waals surface area contributed by atoms with Gasteiger partial charge < -0.3 is 14.7 Å². The number of carbonyl (C=O) groups is 1. The van der Waals surface area contributed by atoms with E-state index in [1.54, 1.807) is 17.0 Å². The fraction of sp³-hybridized carbons (Fsp3) is 0.130. The van der Waals surface area contributed by atoms with Crippen LogP contribution in [0, 0.1) is 13.8 Å². The third-order valence-electron chi connectivity index (χ3n) is 5.47. The molecule has 8 nitrogen and oxygen atoms in total. The second-order valence-corrected chi connectivity index (χ2v) is 7.41. The summed E-state index contributed by atoms with van der Waals surface area (Å²) in [6.45, 7) is 4.04. The number of rotatable bonds is 4. The zero-order chi connectivity index (χ0) is 21.5. The molecule has 0 saturated carbocycles. The van der Waals surface area contributed by atoms with Crippen LogP contribution in [0.3, 0.4) is 0 Å². The summed E-state index contributed by atoms with van der Waals surface area (Å²) in [6, 6.07) is 11.3. The summed E-state index contributed by atoms with van der Waals surface area (Å²) in [5.41, 5.74) is 5.18. The Morgan fingerprint density at radius 1 is 1.16 bits per heavy atom. The fourth-order valence-corrected chi connectivity index (χ4v) is 3.69. The van der Waals surface area contributed by atoms with Crippen molar-refractivity contribution in [2.45, 2.75) is 20.3 Å². The first-order valence-corrected chi connectivity index (χ1v) is 9.80. The quantitative estimate of drug-likeness (QED) is 0.468. The Labute approximate surface area is 176 Å². The Bertz CT molecular complexity index is 1510. The smallest absolute Gasteiger partial charge is 0.261 e. The van der Waals surface area contributed by atoms with Gasteiger partial charge in [-0.05, 0) is 37.1 Å². The molecule has 0 atom stereocenters. The van der Waals surface area contributed by atoms with Gasteiger partial charge in [0.1, 0.15) is 11.0 Å². The predicted octanol–water partition coefficient (Wildman–Crippen LogP) is 3.65. The highest BCUT2D eigenvalue weighted by Gasteiger charge is 2.16. The van der Waals surface area contributed by atoms with Crippen LogP contribution in [0.1, 0.15) is 16.7 Å². The number of fused-ring (bicyclic) bond motifs is 2. The number of hydrogen-bond donors (Lipinski definition) is 2. The number of para-hydroxylation sites is 2. The molecular formula is C23H19N5O3. The molecule has 0 radical (unpaired) electrons. The molecule has 0 fully saturated rings. The van der Waals surface area contributed by atoms with Gasteiger partial charge in [0.25, 0.3) is 5.56 Å². The van der Waals surface area contributed by atoms with Crippen LogP contribution in [0.15, 0.2) is 64.4 Å². The van der Waals surface area contributed by atoms with Crippen molar-refractivity contribution < 1.29 is 9.21 Å². The molecule has 31 heavy (non-hydrogen) atoms. The van der Waals surface area contributed by atoms with Gasteiger partial charge in [-0.25, -0.2) is 9.67 Å². The van der Waals surface area contributed by atoms with Crippen molar-refractivity contribution in [1.82, 2.24) is 19.7 Å². The minimum atomic E-state index is -0.268. The van der Waals surface area contributed by atoms with Gasteiger partial charge in [0.15, 0.2) is 5.65 Å². The fourth-order valence-electron chi connectivity index (χ4n) is 3.69. The van der Waals surface area contributed by atoms with Gasteiger partial charge in [0.05, 0.1) is 36.6 Å². The van der Waals surface area contributed by atoms with E-state index in [1.807, 2.05) is 44.2 Å². The van der Waals surface area contributed by atoms with Gasteiger partial charge in [0.2, 0.25) is 5.91 Å². The summed E-state index contributed by atoms with van der Waals surface area (Å²) >= 11 is 0. The van der Waals surface area contributed by atoms with Crippen molar-refractivity contribution in [3.63, 3.8) is 0 Å². The number of furan rings is 1. The second kappa shape index (κ2) is 7.24. The van der Waals surface area contributed by atoms with E-state index in [9.17, 15) is 9.59 Å². The number of carbonyl (C=O) groups excluding carboxylic acids is 1. The number of anilines is 1. The van der Waals surface area contributed by atoms with E-state index in [-0.39, 0.29) is 17.9 Å². The Kier molecular flexibility index (Phi) is 4.39. The second-order valence-electron chi connectivity index (χ2n) is 7.41. The summed E-state index contributed by atoms with van der Waals surface area (Å²) in [7, 11) is 0. The van der Waals surface area contributed by atoms with Crippen molar-refractivity contribution in [2.24, 2.45) is 0 Å². The maximum Gasteiger partial charge on any atom is 0.261 e. The van der Waals surface area contributed by atoms with Crippen LogP contribution in [0.2, 0.25) is 0 Å². The Balaban J connectivity index is 1.46. The van der Waals surface area contributed by atoms with E-state index in [4.69, 9.17) is 4.42 Å². The van der Waals surface area contributed by atoms with Crippen molar-refractivity contribution in [1.29, 1.82) is 0 Å². The van der Waals surface area contributed by atoms with Crippen LogP contribution >= 0.6 is 0 Å². The van der Waals surface area contributed by atoms with E-state index in [0.29, 0.717) is 22.4 Å². The molecule has 0 unspecified atom stereocenters. The first kappa shape index (κ1) is 18.8. The molecule has 2 aromatic carbocycles. The molecule has 2 N–H and O–H groups in total. The monoisotopic (exact) mass is 413 g/mol. The summed E-state index contributed by atoms with van der Waals surface area (Å²) in [4.78, 5) is 31.6. The average Bonchev–Trinajstić information content (AvgIpc) is 3.37. The third-order valence-corrected chi connectivity index (χ3v) is 5.47. The zero-order valence-electron chi connectivity index (χ0n) is 17.0. The SMILES string of the molecule is Cc1ccc2c(CC(=O)Nc3ccccc3-n3ncc4c(=O)[nH]cnc43)coc2c1C. The van der Waals surface area contributed by atoms with Crippen LogP contribution < -0.4 is 10.9 Å². The van der Waals surface area contributed by atoms with E-state index >= 15 is 0 Å². The molecule has 154 valence electrons. The Morgan fingerprint density at radius 2 is 2.00 bits per heavy atom. The highest BCUT2D eigenvalue weighted by atomic mass is 16.3. The van der Waals surface area contributed by atoms with Gasteiger partial charge >= 0.3 is 0 Å². The van der Waals surface area contributed by atoms with Gasteiger partial charge in [-0.3, -0.25) is 9.59 Å². The summed E-state index contributed by atoms with van der Waals surface area (Å²) < 4.78 is 7.26. The predicted molar refractivity (Wildman–Crippen MR) is 118 cm³/mol. The summed E-state index contributed by atoms with van der Waals surface area (Å²) in [5.74, 6) is -0.185. The lowest BCUT2D eigenvalue weighted by molar-refractivity contribution is -0.115. The van der Waals surface area contributed by atoms with Crippen molar-refractivity contribution in [2.75, 3.05) is 5.32 Å². The number of aryl methyl sites for hydroxylation is 2. The molecule has 3 aromatic heterocycles. The number of aromatic amines is 1. The Hall–Kier alpha value is -4.20. The maximum absolute atomic E-state index is 12.9. The van der Waals surface area contributed by atoms with Crippen LogP contribution in [-0.2, 0) is 11.2 Å². The van der Waals surface area contributed by atoms with Crippen molar-refractivity contribution >= 4 is 33.6 Å². The molecule has 1 amide bonds. The van der Waals surface area contributed by atoms with E-state index in [0.717, 1.165) is 27.7 Å². The lowest BCUT2D eigenvalue weighted by atomic mass is 10.0. The first-order valence-electron chi connectivity index (χ1n) is 9.80. The molecule has 0 bridgehead atoms. The van der Waals surface area contributed by atoms with Gasteiger partial charge in [0, 0.05) is 10.9 Å². The Morgan fingerprint density at radius 3 is 2.87 bits per heavy atom. The van der Waals surface area contributed by atoms with Crippen molar-refractivity contribution in [3.05, 3.63) is 82.2 Å².